The summed E-state index contributed by atoms with van der Waals surface area (Å²) in [6.45, 7) is 13.9. The van der Waals surface area contributed by atoms with Crippen LogP contribution in [0.3, 0.4) is 0 Å². The van der Waals surface area contributed by atoms with Crippen LogP contribution in [0.15, 0.2) is 0 Å². The van der Waals surface area contributed by atoms with Crippen molar-refractivity contribution in [3.05, 3.63) is 0 Å². The molecule has 0 saturated heterocycles. The van der Waals surface area contributed by atoms with Crippen molar-refractivity contribution in [2.75, 3.05) is 79.2 Å². The van der Waals surface area contributed by atoms with Gasteiger partial charge < -0.3 is 34.3 Å². The lowest BCUT2D eigenvalue weighted by molar-refractivity contribution is -0.125. The first-order valence-corrected chi connectivity index (χ1v) is 14.6. The van der Waals surface area contributed by atoms with Gasteiger partial charge >= 0.3 is 0 Å². The number of carbonyl (C=O) groups excluding carboxylic acids is 1. The Hall–Kier alpha value is -0.840. The number of unbranched alkanes of at least 4 members (excludes halogenated alkanes) is 2. The van der Waals surface area contributed by atoms with Crippen molar-refractivity contribution in [3.63, 3.8) is 0 Å². The lowest BCUT2D eigenvalue weighted by Gasteiger charge is -2.17. The number of hydrogen-bond donors (Lipinski definition) is 2. The number of alkyl halides is 1. The summed E-state index contributed by atoms with van der Waals surface area (Å²) < 4.78 is 41.2. The zero-order valence-electron chi connectivity index (χ0n) is 24.2. The maximum absolute atomic E-state index is 14.0. The minimum atomic E-state index is -1.22. The van der Waals surface area contributed by atoms with Gasteiger partial charge in [-0.15, -0.1) is 0 Å². The van der Waals surface area contributed by atoms with Gasteiger partial charge in [0.05, 0.1) is 72.6 Å². The second kappa shape index (κ2) is 28.2. The van der Waals surface area contributed by atoms with E-state index < -0.39 is 6.17 Å². The van der Waals surface area contributed by atoms with Gasteiger partial charge in [-0.3, -0.25) is 4.79 Å². The molecule has 0 aliphatic rings. The van der Waals surface area contributed by atoms with Crippen molar-refractivity contribution in [2.45, 2.75) is 91.3 Å². The summed E-state index contributed by atoms with van der Waals surface area (Å²) in [5, 5.41) is 6.17. The Labute approximate surface area is 226 Å². The van der Waals surface area contributed by atoms with Crippen molar-refractivity contribution in [2.24, 2.45) is 5.92 Å². The molecule has 0 heterocycles. The van der Waals surface area contributed by atoms with Gasteiger partial charge in [-0.05, 0) is 26.2 Å². The third kappa shape index (κ3) is 25.2. The molecular formula is C28H57FN2O6. The smallest absolute Gasteiger partial charge is 0.223 e. The standard InChI is InChI=1S/C28H57FN2O6/c1-5-8-11-26(12-9-6-2)28(32)31-23-27(29)24-37-22-21-36-20-19-35-18-17-34-16-15-33-14-13-30-25(4)10-7-3/h25-27,30H,5-24H2,1-4H3,(H,31,32). The maximum atomic E-state index is 14.0. The average Bonchev–Trinajstić information content (AvgIpc) is 2.89. The van der Waals surface area contributed by atoms with Crippen LogP contribution < -0.4 is 10.6 Å². The summed E-state index contributed by atoms with van der Waals surface area (Å²) in [4.78, 5) is 12.4. The average molecular weight is 537 g/mol. The highest BCUT2D eigenvalue weighted by atomic mass is 19.1. The van der Waals surface area contributed by atoms with Crippen molar-refractivity contribution < 1.29 is 32.9 Å². The zero-order valence-corrected chi connectivity index (χ0v) is 24.2. The van der Waals surface area contributed by atoms with Gasteiger partial charge in [0, 0.05) is 18.5 Å². The molecule has 1 amide bonds. The van der Waals surface area contributed by atoms with Crippen LogP contribution in [0.1, 0.15) is 79.1 Å². The molecule has 9 heteroatoms. The van der Waals surface area contributed by atoms with Crippen LogP contribution in [0.4, 0.5) is 4.39 Å². The van der Waals surface area contributed by atoms with E-state index in [0.717, 1.165) is 45.1 Å². The quantitative estimate of drug-likeness (QED) is 0.138. The third-order valence-corrected chi connectivity index (χ3v) is 5.93. The molecular weight excluding hydrogens is 479 g/mol. The van der Waals surface area contributed by atoms with Crippen molar-refractivity contribution in [1.29, 1.82) is 0 Å². The van der Waals surface area contributed by atoms with Gasteiger partial charge in [-0.2, -0.15) is 0 Å². The van der Waals surface area contributed by atoms with E-state index in [0.29, 0.717) is 65.5 Å². The predicted molar refractivity (Wildman–Crippen MR) is 147 cm³/mol. The predicted octanol–water partition coefficient (Wildman–Crippen LogP) is 4.30. The minimum Gasteiger partial charge on any atom is -0.378 e. The fourth-order valence-electron chi connectivity index (χ4n) is 3.73. The molecule has 8 nitrogen and oxygen atoms in total. The minimum absolute atomic E-state index is 0.00793. The highest BCUT2D eigenvalue weighted by Crippen LogP contribution is 2.16. The number of carbonyl (C=O) groups is 1. The molecule has 0 aromatic heterocycles. The summed E-state index contributed by atoms with van der Waals surface area (Å²) in [5.41, 5.74) is 0. The molecule has 0 radical (unpaired) electrons. The molecule has 2 atom stereocenters. The largest absolute Gasteiger partial charge is 0.378 e. The van der Waals surface area contributed by atoms with Gasteiger partial charge in [-0.1, -0.05) is 52.9 Å². The summed E-state index contributed by atoms with van der Waals surface area (Å²) in [5.74, 6) is -0.0481. The molecule has 0 fully saturated rings. The molecule has 0 aromatic rings. The highest BCUT2D eigenvalue weighted by molar-refractivity contribution is 5.78. The number of rotatable bonds is 29. The van der Waals surface area contributed by atoms with Crippen LogP contribution in [0.5, 0.6) is 0 Å². The first kappa shape index (κ1) is 36.2. The van der Waals surface area contributed by atoms with Crippen LogP contribution in [-0.4, -0.2) is 97.3 Å². The van der Waals surface area contributed by atoms with E-state index in [2.05, 4.69) is 38.3 Å². The second-order valence-corrected chi connectivity index (χ2v) is 9.49. The molecule has 2 N–H and O–H groups in total. The molecule has 0 spiro atoms. The van der Waals surface area contributed by atoms with E-state index in [-0.39, 0.29) is 25.0 Å². The lowest BCUT2D eigenvalue weighted by atomic mass is 9.95. The Kier molecular flexibility index (Phi) is 27.5. The van der Waals surface area contributed by atoms with Gasteiger partial charge in [0.25, 0.3) is 0 Å². The van der Waals surface area contributed by atoms with Crippen LogP contribution >= 0.6 is 0 Å². The SMILES string of the molecule is CCCCC(CCCC)C(=O)NCC(F)COCCOCCOCCOCCOCCNC(C)CCC. The molecule has 37 heavy (non-hydrogen) atoms. The van der Waals surface area contributed by atoms with Crippen LogP contribution in [0.25, 0.3) is 0 Å². The maximum Gasteiger partial charge on any atom is 0.223 e. The fraction of sp³-hybridized carbons (Fsp3) is 0.964. The van der Waals surface area contributed by atoms with E-state index in [9.17, 15) is 9.18 Å². The van der Waals surface area contributed by atoms with Gasteiger partial charge in [0.1, 0.15) is 6.17 Å². The zero-order chi connectivity index (χ0) is 27.4. The molecule has 0 aromatic carbocycles. The Morgan fingerprint density at radius 2 is 1.19 bits per heavy atom. The van der Waals surface area contributed by atoms with E-state index in [1.807, 2.05) is 0 Å². The molecule has 0 saturated carbocycles. The summed E-state index contributed by atoms with van der Waals surface area (Å²) in [6, 6.07) is 0.537. The normalized spacial score (nSPS) is 13.2. The number of ether oxygens (including phenoxy) is 5. The Bertz CT molecular complexity index is 482. The van der Waals surface area contributed by atoms with Gasteiger partial charge in [0.15, 0.2) is 0 Å². The van der Waals surface area contributed by atoms with Crippen molar-refractivity contribution >= 4 is 5.91 Å². The van der Waals surface area contributed by atoms with Crippen LogP contribution in [-0.2, 0) is 28.5 Å². The fourth-order valence-corrected chi connectivity index (χ4v) is 3.73. The Balaban J connectivity index is 3.44. The molecule has 2 unspecified atom stereocenters. The van der Waals surface area contributed by atoms with Gasteiger partial charge in [-0.25, -0.2) is 4.39 Å². The number of nitrogens with one attached hydrogen (secondary N) is 2. The first-order chi connectivity index (χ1) is 18.0. The lowest BCUT2D eigenvalue weighted by Crippen LogP contribution is -2.36. The summed E-state index contributed by atoms with van der Waals surface area (Å²) >= 11 is 0. The molecule has 0 bridgehead atoms. The van der Waals surface area contributed by atoms with Gasteiger partial charge in [0.2, 0.25) is 5.91 Å². The van der Waals surface area contributed by atoms with Crippen LogP contribution in [0.2, 0.25) is 0 Å². The monoisotopic (exact) mass is 536 g/mol. The topological polar surface area (TPSA) is 87.3 Å². The second-order valence-electron chi connectivity index (χ2n) is 9.49. The number of hydrogen-bond acceptors (Lipinski definition) is 7. The summed E-state index contributed by atoms with van der Waals surface area (Å²) in [6.07, 6.45) is 7.06. The van der Waals surface area contributed by atoms with Crippen LogP contribution in [0, 0.1) is 5.92 Å². The van der Waals surface area contributed by atoms with E-state index >= 15 is 0 Å². The van der Waals surface area contributed by atoms with E-state index in [1.54, 1.807) is 0 Å². The van der Waals surface area contributed by atoms with Crippen molar-refractivity contribution in [3.8, 4) is 0 Å². The Morgan fingerprint density at radius 1 is 0.703 bits per heavy atom. The van der Waals surface area contributed by atoms with E-state index in [1.165, 1.54) is 12.8 Å². The number of halogens is 1. The molecule has 222 valence electrons. The summed E-state index contributed by atoms with van der Waals surface area (Å²) in [7, 11) is 0. The molecule has 0 rings (SSSR count). The third-order valence-electron chi connectivity index (χ3n) is 5.93. The molecule has 0 aliphatic carbocycles. The number of amides is 1. The Morgan fingerprint density at radius 3 is 1.68 bits per heavy atom. The van der Waals surface area contributed by atoms with E-state index in [4.69, 9.17) is 23.7 Å². The molecule has 0 aliphatic heterocycles. The van der Waals surface area contributed by atoms with Crippen molar-refractivity contribution in [1.82, 2.24) is 10.6 Å². The first-order valence-electron chi connectivity index (χ1n) is 14.6. The highest BCUT2D eigenvalue weighted by Gasteiger charge is 2.18.